The number of nitrogens with one attached hydrogen (secondary N) is 1. The molecular weight excluding hydrogens is 352 g/mol. The molecule has 1 N–H and O–H groups in total. The van der Waals surface area contributed by atoms with Gasteiger partial charge >= 0.3 is 0 Å². The molecule has 7 nitrogen and oxygen atoms in total. The van der Waals surface area contributed by atoms with Crippen LogP contribution in [0.1, 0.15) is 47.3 Å². The summed E-state index contributed by atoms with van der Waals surface area (Å²) in [5.41, 5.74) is 3.46. The molecule has 0 aliphatic rings. The summed E-state index contributed by atoms with van der Waals surface area (Å²) in [6.45, 7) is 7.10. The van der Waals surface area contributed by atoms with Crippen LogP contribution in [0.4, 0.5) is 5.69 Å². The Morgan fingerprint density at radius 3 is 2.75 bits per heavy atom. The van der Waals surface area contributed by atoms with E-state index in [1.165, 1.54) is 0 Å². The molecule has 146 valence electrons. The highest BCUT2D eigenvalue weighted by Gasteiger charge is 2.18. The van der Waals surface area contributed by atoms with Crippen LogP contribution in [0.3, 0.4) is 0 Å². The van der Waals surface area contributed by atoms with Crippen molar-refractivity contribution in [3.05, 3.63) is 71.6 Å². The summed E-state index contributed by atoms with van der Waals surface area (Å²) in [6, 6.07) is 11.8. The summed E-state index contributed by atoms with van der Waals surface area (Å²) in [5.74, 6) is 0.727. The maximum atomic E-state index is 13.0. The van der Waals surface area contributed by atoms with Crippen LogP contribution in [0.25, 0.3) is 0 Å². The Balaban J connectivity index is 1.73. The molecule has 0 radical (unpaired) electrons. The lowest BCUT2D eigenvalue weighted by Gasteiger charge is -2.20. The van der Waals surface area contributed by atoms with Crippen LogP contribution >= 0.6 is 0 Å². The van der Waals surface area contributed by atoms with E-state index in [2.05, 4.69) is 34.3 Å². The Morgan fingerprint density at radius 1 is 1.21 bits per heavy atom. The molecule has 0 saturated carbocycles. The monoisotopic (exact) mass is 378 g/mol. The molecule has 0 atom stereocenters. The van der Waals surface area contributed by atoms with Gasteiger partial charge in [0.25, 0.3) is 5.91 Å². The molecule has 1 aromatic carbocycles. The molecule has 28 heavy (non-hydrogen) atoms. The van der Waals surface area contributed by atoms with E-state index in [1.54, 1.807) is 24.5 Å². The average Bonchev–Trinajstić information content (AvgIpc) is 3.16. The molecule has 0 bridgehead atoms. The molecule has 3 aromatic rings. The molecule has 0 spiro atoms. The molecule has 3 rings (SSSR count). The molecule has 0 unspecified atom stereocenters. The van der Waals surface area contributed by atoms with Crippen molar-refractivity contribution in [1.29, 1.82) is 0 Å². The van der Waals surface area contributed by atoms with E-state index in [1.807, 2.05) is 47.9 Å². The maximum absolute atomic E-state index is 13.0. The standard InChI is InChI=1S/C21H26N6O/c1-15(2)27-14-24-25-20(27)13-26(4)21(28)18-9-7-10-19(16(18)3)23-12-17-8-5-6-11-22-17/h5-11,14-15,23H,12-13H2,1-4H3. The SMILES string of the molecule is Cc1c(NCc2ccccn2)cccc1C(=O)N(C)Cc1nncn1C(C)C. The molecule has 7 heteroatoms. The first-order chi connectivity index (χ1) is 13.5. The van der Waals surface area contributed by atoms with Crippen molar-refractivity contribution < 1.29 is 4.79 Å². The number of rotatable bonds is 7. The zero-order valence-corrected chi connectivity index (χ0v) is 16.8. The van der Waals surface area contributed by atoms with Crippen molar-refractivity contribution in [1.82, 2.24) is 24.6 Å². The summed E-state index contributed by atoms with van der Waals surface area (Å²) in [6.07, 6.45) is 3.47. The fraction of sp³-hybridized carbons (Fsp3) is 0.333. The van der Waals surface area contributed by atoms with Crippen LogP contribution in [0, 0.1) is 6.92 Å². The first-order valence-electron chi connectivity index (χ1n) is 9.34. The summed E-state index contributed by atoms with van der Waals surface area (Å²) in [7, 11) is 1.79. The van der Waals surface area contributed by atoms with E-state index in [4.69, 9.17) is 0 Å². The molecule has 0 aliphatic heterocycles. The zero-order chi connectivity index (χ0) is 20.1. The number of pyridine rings is 1. The van der Waals surface area contributed by atoms with Crippen molar-refractivity contribution in [2.24, 2.45) is 0 Å². The van der Waals surface area contributed by atoms with E-state index < -0.39 is 0 Å². The second-order valence-corrected chi connectivity index (χ2v) is 7.06. The Bertz CT molecular complexity index is 935. The summed E-state index contributed by atoms with van der Waals surface area (Å²) >= 11 is 0. The van der Waals surface area contributed by atoms with E-state index in [0.717, 1.165) is 22.8 Å². The van der Waals surface area contributed by atoms with Crippen molar-refractivity contribution in [3.63, 3.8) is 0 Å². The predicted octanol–water partition coefficient (Wildman–Crippen LogP) is 3.45. The highest BCUT2D eigenvalue weighted by molar-refractivity contribution is 5.96. The Morgan fingerprint density at radius 2 is 2.04 bits per heavy atom. The molecule has 1 amide bonds. The number of hydrogen-bond acceptors (Lipinski definition) is 5. The van der Waals surface area contributed by atoms with E-state index in [9.17, 15) is 4.79 Å². The number of nitrogens with zero attached hydrogens (tertiary/aromatic N) is 5. The third-order valence-electron chi connectivity index (χ3n) is 4.68. The minimum absolute atomic E-state index is 0.0442. The van der Waals surface area contributed by atoms with Crippen LogP contribution in [-0.4, -0.2) is 37.6 Å². The first-order valence-corrected chi connectivity index (χ1v) is 9.34. The topological polar surface area (TPSA) is 75.9 Å². The normalized spacial score (nSPS) is 10.9. The Labute approximate surface area is 165 Å². The third kappa shape index (κ3) is 4.36. The van der Waals surface area contributed by atoms with Gasteiger partial charge in [-0.3, -0.25) is 9.78 Å². The molecule has 2 heterocycles. The summed E-state index contributed by atoms with van der Waals surface area (Å²) in [4.78, 5) is 19.0. The molecule has 0 saturated heterocycles. The number of anilines is 1. The van der Waals surface area contributed by atoms with Crippen LogP contribution in [0.15, 0.2) is 48.9 Å². The van der Waals surface area contributed by atoms with Crippen LogP contribution in [0.2, 0.25) is 0 Å². The molecule has 0 aliphatic carbocycles. The van der Waals surface area contributed by atoms with Gasteiger partial charge in [-0.2, -0.15) is 0 Å². The van der Waals surface area contributed by atoms with Gasteiger partial charge in [0.1, 0.15) is 6.33 Å². The quantitative estimate of drug-likeness (QED) is 0.681. The van der Waals surface area contributed by atoms with Gasteiger partial charge < -0.3 is 14.8 Å². The first kappa shape index (κ1) is 19.5. The van der Waals surface area contributed by atoms with Gasteiger partial charge in [-0.05, 0) is 50.6 Å². The van der Waals surface area contributed by atoms with E-state index in [-0.39, 0.29) is 11.9 Å². The largest absolute Gasteiger partial charge is 0.379 e. The zero-order valence-electron chi connectivity index (χ0n) is 16.8. The fourth-order valence-corrected chi connectivity index (χ4v) is 3.05. The number of carbonyl (C=O) groups excluding carboxylic acids is 1. The van der Waals surface area contributed by atoms with Crippen LogP contribution < -0.4 is 5.32 Å². The highest BCUT2D eigenvalue weighted by atomic mass is 16.2. The van der Waals surface area contributed by atoms with Gasteiger partial charge in [0.05, 0.1) is 18.8 Å². The third-order valence-corrected chi connectivity index (χ3v) is 4.68. The fourth-order valence-electron chi connectivity index (χ4n) is 3.05. The highest BCUT2D eigenvalue weighted by Crippen LogP contribution is 2.21. The minimum Gasteiger partial charge on any atom is -0.379 e. The molecular formula is C21H26N6O. The number of carbonyl (C=O) groups is 1. The number of amides is 1. The average molecular weight is 378 g/mol. The number of hydrogen-bond donors (Lipinski definition) is 1. The lowest BCUT2D eigenvalue weighted by atomic mass is 10.1. The van der Waals surface area contributed by atoms with Gasteiger partial charge in [-0.15, -0.1) is 10.2 Å². The Hall–Kier alpha value is -3.22. The van der Waals surface area contributed by atoms with Gasteiger partial charge in [0, 0.05) is 30.5 Å². The lowest BCUT2D eigenvalue weighted by molar-refractivity contribution is 0.0778. The second-order valence-electron chi connectivity index (χ2n) is 7.06. The number of benzene rings is 1. The van der Waals surface area contributed by atoms with Crippen molar-refractivity contribution in [2.75, 3.05) is 12.4 Å². The van der Waals surface area contributed by atoms with E-state index in [0.29, 0.717) is 18.7 Å². The molecule has 0 fully saturated rings. The van der Waals surface area contributed by atoms with Crippen molar-refractivity contribution in [3.8, 4) is 0 Å². The van der Waals surface area contributed by atoms with Gasteiger partial charge in [-0.25, -0.2) is 0 Å². The lowest BCUT2D eigenvalue weighted by Crippen LogP contribution is -2.28. The van der Waals surface area contributed by atoms with Crippen LogP contribution in [-0.2, 0) is 13.1 Å². The van der Waals surface area contributed by atoms with Crippen molar-refractivity contribution in [2.45, 2.75) is 39.9 Å². The van der Waals surface area contributed by atoms with Gasteiger partial charge in [-0.1, -0.05) is 12.1 Å². The molecule has 2 aromatic heterocycles. The Kier molecular flexibility index (Phi) is 6.03. The smallest absolute Gasteiger partial charge is 0.254 e. The van der Waals surface area contributed by atoms with Gasteiger partial charge in [0.15, 0.2) is 5.82 Å². The maximum Gasteiger partial charge on any atom is 0.254 e. The summed E-state index contributed by atoms with van der Waals surface area (Å²) in [5, 5.41) is 11.5. The van der Waals surface area contributed by atoms with Crippen molar-refractivity contribution >= 4 is 11.6 Å². The minimum atomic E-state index is -0.0442. The van der Waals surface area contributed by atoms with Crippen LogP contribution in [0.5, 0.6) is 0 Å². The summed E-state index contributed by atoms with van der Waals surface area (Å²) < 4.78 is 1.97. The second kappa shape index (κ2) is 8.65. The van der Waals surface area contributed by atoms with Gasteiger partial charge in [0.2, 0.25) is 0 Å². The predicted molar refractivity (Wildman–Crippen MR) is 109 cm³/mol. The van der Waals surface area contributed by atoms with E-state index >= 15 is 0 Å². The number of aromatic nitrogens is 4.